The zero-order valence-corrected chi connectivity index (χ0v) is 29.9. The molecule has 11 heteroatoms. The fourth-order valence-electron chi connectivity index (χ4n) is 5.99. The molecular weight excluding hydrogens is 689 g/mol. The van der Waals surface area contributed by atoms with Crippen LogP contribution in [-0.4, -0.2) is 43.8 Å². The molecule has 1 atom stereocenters. The van der Waals surface area contributed by atoms with Crippen LogP contribution in [0.5, 0.6) is 0 Å². The highest BCUT2D eigenvalue weighted by Gasteiger charge is 2.36. The Morgan fingerprint density at radius 3 is 2.06 bits per heavy atom. The summed E-state index contributed by atoms with van der Waals surface area (Å²) >= 11 is 19.7. The number of hydrogen-bond donors (Lipinski definition) is 1. The third-order valence-electron chi connectivity index (χ3n) is 8.76. The van der Waals surface area contributed by atoms with E-state index in [0.29, 0.717) is 26.2 Å². The van der Waals surface area contributed by atoms with Gasteiger partial charge < -0.3 is 10.2 Å². The van der Waals surface area contributed by atoms with E-state index in [4.69, 9.17) is 34.8 Å². The Balaban J connectivity index is 1.62. The first-order valence-corrected chi connectivity index (χ1v) is 18.4. The van der Waals surface area contributed by atoms with Crippen LogP contribution in [0.25, 0.3) is 0 Å². The standard InChI is InChI=1S/C37H38Cl3N3O4S/c1-25-18-20-29(21-19-25)48(46,47)43(34-17-9-14-31(38)26(34)2)24-36(44)42(23-30-32(39)15-8-16-33(30)40)35(22-27-10-4-3-5-11-27)37(45)41-28-12-6-7-13-28/h3-5,8-11,14-21,28,35H,6-7,12-13,22-24H2,1-2H3,(H,41,45). The van der Waals surface area contributed by atoms with Gasteiger partial charge in [0.25, 0.3) is 10.0 Å². The first-order valence-electron chi connectivity index (χ1n) is 15.9. The summed E-state index contributed by atoms with van der Waals surface area (Å²) in [5, 5.41) is 4.16. The fraction of sp³-hybridized carbons (Fsp3) is 0.297. The molecule has 1 aliphatic carbocycles. The molecule has 1 N–H and O–H groups in total. The molecule has 1 aliphatic rings. The fourth-order valence-corrected chi connectivity index (χ4v) is 8.15. The van der Waals surface area contributed by atoms with E-state index in [1.165, 1.54) is 17.0 Å². The molecule has 4 aromatic carbocycles. The lowest BCUT2D eigenvalue weighted by Gasteiger charge is -2.35. The molecule has 7 nitrogen and oxygen atoms in total. The Labute approximate surface area is 297 Å². The number of amides is 2. The second-order valence-electron chi connectivity index (χ2n) is 12.1. The normalized spacial score (nSPS) is 14.0. The van der Waals surface area contributed by atoms with Crippen LogP contribution in [0.1, 0.15) is 47.9 Å². The summed E-state index contributed by atoms with van der Waals surface area (Å²) in [7, 11) is -4.28. The molecule has 1 saturated carbocycles. The maximum atomic E-state index is 14.8. The molecule has 0 bridgehead atoms. The number of sulfonamides is 1. The van der Waals surface area contributed by atoms with Gasteiger partial charge >= 0.3 is 0 Å². The van der Waals surface area contributed by atoms with Crippen molar-refractivity contribution in [3.05, 3.63) is 128 Å². The number of halogens is 3. The molecule has 0 spiro atoms. The minimum absolute atomic E-state index is 0.0100. The van der Waals surface area contributed by atoms with Crippen LogP contribution in [-0.2, 0) is 32.6 Å². The van der Waals surface area contributed by atoms with Gasteiger partial charge in [-0.05, 0) is 74.2 Å². The lowest BCUT2D eigenvalue weighted by atomic mass is 10.0. The summed E-state index contributed by atoms with van der Waals surface area (Å²) < 4.78 is 29.8. The third kappa shape index (κ3) is 8.35. The second-order valence-corrected chi connectivity index (χ2v) is 15.2. The van der Waals surface area contributed by atoms with Crippen LogP contribution in [0.15, 0.2) is 95.9 Å². The molecule has 252 valence electrons. The summed E-state index contributed by atoms with van der Waals surface area (Å²) in [4.78, 5) is 30.4. The predicted octanol–water partition coefficient (Wildman–Crippen LogP) is 8.16. The molecule has 48 heavy (non-hydrogen) atoms. The summed E-state index contributed by atoms with van der Waals surface area (Å²) in [6, 6.07) is 24.8. The van der Waals surface area contributed by atoms with Crippen molar-refractivity contribution in [2.75, 3.05) is 10.8 Å². The number of anilines is 1. The summed E-state index contributed by atoms with van der Waals surface area (Å²) in [5.74, 6) is -0.933. The van der Waals surface area contributed by atoms with Crippen molar-refractivity contribution < 1.29 is 18.0 Å². The van der Waals surface area contributed by atoms with Crippen LogP contribution < -0.4 is 9.62 Å². The average Bonchev–Trinajstić information content (AvgIpc) is 3.58. The van der Waals surface area contributed by atoms with Crippen LogP contribution in [0.3, 0.4) is 0 Å². The van der Waals surface area contributed by atoms with E-state index in [1.807, 2.05) is 37.3 Å². The first kappa shape index (κ1) is 35.7. The van der Waals surface area contributed by atoms with Gasteiger partial charge in [0.05, 0.1) is 10.6 Å². The number of aryl methyl sites for hydroxylation is 1. The van der Waals surface area contributed by atoms with Crippen molar-refractivity contribution >= 4 is 62.3 Å². The van der Waals surface area contributed by atoms with Gasteiger partial charge in [0.15, 0.2) is 0 Å². The average molecular weight is 727 g/mol. The molecule has 4 aromatic rings. The van der Waals surface area contributed by atoms with Gasteiger partial charge in [0.2, 0.25) is 11.8 Å². The third-order valence-corrected chi connectivity index (χ3v) is 11.7. The molecule has 2 amide bonds. The zero-order valence-electron chi connectivity index (χ0n) is 26.8. The Bertz CT molecular complexity index is 1840. The Kier molecular flexibility index (Phi) is 11.7. The maximum absolute atomic E-state index is 14.8. The van der Waals surface area contributed by atoms with E-state index in [1.54, 1.807) is 55.5 Å². The van der Waals surface area contributed by atoms with Gasteiger partial charge in [-0.15, -0.1) is 0 Å². The van der Waals surface area contributed by atoms with Crippen molar-refractivity contribution in [1.29, 1.82) is 0 Å². The number of benzene rings is 4. The monoisotopic (exact) mass is 725 g/mol. The first-order chi connectivity index (χ1) is 23.0. The Morgan fingerprint density at radius 2 is 1.42 bits per heavy atom. The number of rotatable bonds is 12. The lowest BCUT2D eigenvalue weighted by Crippen LogP contribution is -2.54. The van der Waals surface area contributed by atoms with Gasteiger partial charge in [-0.1, -0.05) is 108 Å². The summed E-state index contributed by atoms with van der Waals surface area (Å²) in [6.07, 6.45) is 3.91. The van der Waals surface area contributed by atoms with Gasteiger partial charge in [0.1, 0.15) is 12.6 Å². The smallest absolute Gasteiger partial charge is 0.264 e. The van der Waals surface area contributed by atoms with E-state index >= 15 is 0 Å². The minimum Gasteiger partial charge on any atom is -0.352 e. The maximum Gasteiger partial charge on any atom is 0.264 e. The van der Waals surface area contributed by atoms with E-state index in [0.717, 1.165) is 41.1 Å². The van der Waals surface area contributed by atoms with Crippen molar-refractivity contribution in [3.8, 4) is 0 Å². The number of carbonyl (C=O) groups is 2. The minimum atomic E-state index is -4.28. The van der Waals surface area contributed by atoms with Crippen LogP contribution in [0.2, 0.25) is 15.1 Å². The van der Waals surface area contributed by atoms with Crippen molar-refractivity contribution in [2.45, 2.75) is 69.5 Å². The second kappa shape index (κ2) is 15.8. The van der Waals surface area contributed by atoms with E-state index < -0.39 is 28.5 Å². The van der Waals surface area contributed by atoms with Gasteiger partial charge in [-0.2, -0.15) is 0 Å². The lowest BCUT2D eigenvalue weighted by molar-refractivity contribution is -0.140. The zero-order chi connectivity index (χ0) is 34.4. The molecule has 0 heterocycles. The van der Waals surface area contributed by atoms with Gasteiger partial charge in [0, 0.05) is 39.6 Å². The summed E-state index contributed by atoms with van der Waals surface area (Å²) in [5.41, 5.74) is 2.91. The van der Waals surface area contributed by atoms with E-state index in [9.17, 15) is 18.0 Å². The van der Waals surface area contributed by atoms with E-state index in [-0.39, 0.29) is 35.5 Å². The van der Waals surface area contributed by atoms with Crippen molar-refractivity contribution in [1.82, 2.24) is 10.2 Å². The highest BCUT2D eigenvalue weighted by atomic mass is 35.5. The van der Waals surface area contributed by atoms with Crippen molar-refractivity contribution in [3.63, 3.8) is 0 Å². The Hall–Kier alpha value is -3.56. The molecule has 0 radical (unpaired) electrons. The SMILES string of the molecule is Cc1ccc(S(=O)(=O)N(CC(=O)N(Cc2c(Cl)cccc2Cl)C(Cc2ccccc2)C(=O)NC2CCCC2)c2cccc(Cl)c2C)cc1. The summed E-state index contributed by atoms with van der Waals surface area (Å²) in [6.45, 7) is 2.83. The quantitative estimate of drug-likeness (QED) is 0.160. The van der Waals surface area contributed by atoms with E-state index in [2.05, 4.69) is 5.32 Å². The van der Waals surface area contributed by atoms with Gasteiger partial charge in [-0.25, -0.2) is 8.42 Å². The molecule has 1 unspecified atom stereocenters. The molecule has 5 rings (SSSR count). The Morgan fingerprint density at radius 1 is 0.812 bits per heavy atom. The van der Waals surface area contributed by atoms with Crippen molar-refractivity contribution in [2.24, 2.45) is 0 Å². The van der Waals surface area contributed by atoms with Crippen LogP contribution >= 0.6 is 34.8 Å². The van der Waals surface area contributed by atoms with Crippen LogP contribution in [0, 0.1) is 13.8 Å². The number of nitrogens with one attached hydrogen (secondary N) is 1. The molecule has 0 aliphatic heterocycles. The predicted molar refractivity (Wildman–Crippen MR) is 193 cm³/mol. The number of hydrogen-bond acceptors (Lipinski definition) is 4. The number of nitrogens with zero attached hydrogens (tertiary/aromatic N) is 2. The molecule has 1 fully saturated rings. The van der Waals surface area contributed by atoms with Gasteiger partial charge in [-0.3, -0.25) is 13.9 Å². The van der Waals surface area contributed by atoms with Crippen LogP contribution in [0.4, 0.5) is 5.69 Å². The highest BCUT2D eigenvalue weighted by molar-refractivity contribution is 7.92. The molecular formula is C37H38Cl3N3O4S. The highest BCUT2D eigenvalue weighted by Crippen LogP contribution is 2.33. The molecule has 0 aromatic heterocycles. The largest absolute Gasteiger partial charge is 0.352 e. The molecule has 0 saturated heterocycles. The topological polar surface area (TPSA) is 86.8 Å². The number of carbonyl (C=O) groups excluding carboxylic acids is 2.